The summed E-state index contributed by atoms with van der Waals surface area (Å²) in [5.74, 6) is 0.123. The second-order valence-electron chi connectivity index (χ2n) is 5.56. The molecule has 0 atom stereocenters. The fourth-order valence-corrected chi connectivity index (χ4v) is 2.90. The lowest BCUT2D eigenvalue weighted by atomic mass is 10.1. The molecule has 0 radical (unpaired) electrons. The van der Waals surface area contributed by atoms with Crippen LogP contribution in [-0.4, -0.2) is 86.7 Å². The third-order valence-electron chi connectivity index (χ3n) is 4.17. The Labute approximate surface area is 116 Å². The number of carbonyl (C=O) groups is 1. The first kappa shape index (κ1) is 14.8. The van der Waals surface area contributed by atoms with Crippen LogP contribution in [0.15, 0.2) is 0 Å². The topological polar surface area (TPSA) is 36.0 Å². The summed E-state index contributed by atoms with van der Waals surface area (Å²) in [4.78, 5) is 18.7. The summed E-state index contributed by atoms with van der Waals surface area (Å²) in [7, 11) is 1.58. The molecule has 0 unspecified atom stereocenters. The normalized spacial score (nSPS) is 22.7. The fourth-order valence-electron chi connectivity index (χ4n) is 2.90. The number of rotatable bonds is 5. The first-order chi connectivity index (χ1) is 9.29. The van der Waals surface area contributed by atoms with Crippen molar-refractivity contribution >= 4 is 5.91 Å². The van der Waals surface area contributed by atoms with Crippen molar-refractivity contribution in [3.05, 3.63) is 0 Å². The first-order valence-corrected chi connectivity index (χ1v) is 7.51. The third kappa shape index (κ3) is 4.75. The predicted molar refractivity (Wildman–Crippen MR) is 75.2 cm³/mol. The van der Waals surface area contributed by atoms with Gasteiger partial charge in [0.25, 0.3) is 0 Å². The van der Waals surface area contributed by atoms with Crippen LogP contribution in [0.3, 0.4) is 0 Å². The molecule has 2 aliphatic heterocycles. The molecule has 0 saturated carbocycles. The number of likely N-dealkylation sites (tertiary alicyclic amines) is 1. The molecule has 0 spiro atoms. The van der Waals surface area contributed by atoms with E-state index in [0.29, 0.717) is 0 Å². The summed E-state index contributed by atoms with van der Waals surface area (Å²) < 4.78 is 4.90. The van der Waals surface area contributed by atoms with Crippen molar-refractivity contribution in [2.45, 2.75) is 19.3 Å². The number of ether oxygens (including phenoxy) is 1. The zero-order valence-corrected chi connectivity index (χ0v) is 12.1. The van der Waals surface area contributed by atoms with Crippen LogP contribution in [0.2, 0.25) is 0 Å². The van der Waals surface area contributed by atoms with Gasteiger partial charge in [-0.05, 0) is 25.9 Å². The lowest BCUT2D eigenvalue weighted by molar-refractivity contribution is -0.136. The van der Waals surface area contributed by atoms with Crippen molar-refractivity contribution in [1.29, 1.82) is 0 Å². The van der Waals surface area contributed by atoms with Crippen molar-refractivity contribution in [1.82, 2.24) is 14.7 Å². The number of hydrogen-bond donors (Lipinski definition) is 0. The van der Waals surface area contributed by atoms with Crippen molar-refractivity contribution in [2.75, 3.05) is 66.1 Å². The minimum absolute atomic E-state index is 0.123. The highest BCUT2D eigenvalue weighted by atomic mass is 16.5. The molecule has 19 heavy (non-hydrogen) atoms. The Bertz CT molecular complexity index is 272. The maximum absolute atomic E-state index is 11.7. The van der Waals surface area contributed by atoms with Crippen LogP contribution in [0.5, 0.6) is 0 Å². The van der Waals surface area contributed by atoms with E-state index >= 15 is 0 Å². The summed E-state index contributed by atoms with van der Waals surface area (Å²) in [6.07, 6.45) is 4.12. The molecule has 5 heteroatoms. The van der Waals surface area contributed by atoms with Gasteiger partial charge in [0.1, 0.15) is 6.61 Å². The van der Waals surface area contributed by atoms with E-state index in [4.69, 9.17) is 4.74 Å². The smallest absolute Gasteiger partial charge is 0.248 e. The number of piperidine rings is 1. The second kappa shape index (κ2) is 7.82. The van der Waals surface area contributed by atoms with E-state index in [2.05, 4.69) is 9.80 Å². The highest BCUT2D eigenvalue weighted by Gasteiger charge is 2.21. The molecular formula is C14H27N3O2. The second-order valence-corrected chi connectivity index (χ2v) is 5.56. The lowest BCUT2D eigenvalue weighted by Gasteiger charge is -2.36. The zero-order valence-electron chi connectivity index (χ0n) is 12.1. The Hall–Kier alpha value is -0.650. The van der Waals surface area contributed by atoms with Gasteiger partial charge < -0.3 is 14.5 Å². The fraction of sp³-hybridized carbons (Fsp3) is 0.929. The van der Waals surface area contributed by atoms with E-state index in [1.165, 1.54) is 38.9 Å². The maximum Gasteiger partial charge on any atom is 0.248 e. The number of hydrogen-bond acceptors (Lipinski definition) is 4. The van der Waals surface area contributed by atoms with Gasteiger partial charge >= 0.3 is 0 Å². The molecule has 2 heterocycles. The van der Waals surface area contributed by atoms with Crippen LogP contribution in [0.1, 0.15) is 19.3 Å². The summed E-state index contributed by atoms with van der Waals surface area (Å²) in [5, 5.41) is 0. The van der Waals surface area contributed by atoms with Gasteiger partial charge in [0.05, 0.1) is 0 Å². The first-order valence-electron chi connectivity index (χ1n) is 7.51. The summed E-state index contributed by atoms with van der Waals surface area (Å²) >= 11 is 0. The summed E-state index contributed by atoms with van der Waals surface area (Å²) in [6, 6.07) is 0. The predicted octanol–water partition coefficient (Wildman–Crippen LogP) is 0.263. The molecule has 2 aliphatic rings. The van der Waals surface area contributed by atoms with E-state index in [9.17, 15) is 4.79 Å². The summed E-state index contributed by atoms with van der Waals surface area (Å²) in [5.41, 5.74) is 0. The van der Waals surface area contributed by atoms with Crippen LogP contribution < -0.4 is 0 Å². The molecule has 0 aromatic rings. The standard InChI is InChI=1S/C14H27N3O2/c1-19-13-14(18)17-11-9-16(10-12-17)8-7-15-5-3-2-4-6-15/h2-13H2,1H3. The van der Waals surface area contributed by atoms with Crippen LogP contribution in [0.25, 0.3) is 0 Å². The minimum atomic E-state index is 0.123. The van der Waals surface area contributed by atoms with Gasteiger partial charge in [-0.1, -0.05) is 6.42 Å². The number of methoxy groups -OCH3 is 1. The number of piperazine rings is 1. The average molecular weight is 269 g/mol. The van der Waals surface area contributed by atoms with E-state index in [0.717, 1.165) is 32.7 Å². The Morgan fingerprint density at radius 2 is 1.47 bits per heavy atom. The third-order valence-corrected chi connectivity index (χ3v) is 4.17. The van der Waals surface area contributed by atoms with E-state index in [-0.39, 0.29) is 12.5 Å². The number of amides is 1. The van der Waals surface area contributed by atoms with E-state index < -0.39 is 0 Å². The SMILES string of the molecule is COCC(=O)N1CCN(CCN2CCCCC2)CC1. The molecule has 0 N–H and O–H groups in total. The molecule has 0 aromatic heterocycles. The minimum Gasteiger partial charge on any atom is -0.375 e. The van der Waals surface area contributed by atoms with Crippen LogP contribution in [0.4, 0.5) is 0 Å². The Kier molecular flexibility index (Phi) is 6.07. The molecule has 0 bridgehead atoms. The quantitative estimate of drug-likeness (QED) is 0.717. The van der Waals surface area contributed by atoms with Gasteiger partial charge in [-0.15, -0.1) is 0 Å². The highest BCUT2D eigenvalue weighted by Crippen LogP contribution is 2.09. The molecule has 2 saturated heterocycles. The molecule has 5 nitrogen and oxygen atoms in total. The molecule has 0 aliphatic carbocycles. The van der Waals surface area contributed by atoms with Crippen molar-refractivity contribution in [2.24, 2.45) is 0 Å². The van der Waals surface area contributed by atoms with E-state index in [1.54, 1.807) is 7.11 Å². The van der Waals surface area contributed by atoms with Crippen LogP contribution in [0, 0.1) is 0 Å². The van der Waals surface area contributed by atoms with Gasteiger partial charge in [0, 0.05) is 46.4 Å². The lowest BCUT2D eigenvalue weighted by Crippen LogP contribution is -2.51. The molecule has 0 aromatic carbocycles. The molecule has 1 amide bonds. The zero-order chi connectivity index (χ0) is 13.5. The van der Waals surface area contributed by atoms with E-state index in [1.807, 2.05) is 4.90 Å². The molecule has 110 valence electrons. The van der Waals surface area contributed by atoms with Crippen LogP contribution in [-0.2, 0) is 9.53 Å². The Balaban J connectivity index is 1.61. The van der Waals surface area contributed by atoms with Gasteiger partial charge in [-0.2, -0.15) is 0 Å². The highest BCUT2D eigenvalue weighted by molar-refractivity contribution is 5.77. The average Bonchev–Trinajstić information content (AvgIpc) is 2.47. The monoisotopic (exact) mass is 269 g/mol. The summed E-state index contributed by atoms with van der Waals surface area (Å²) in [6.45, 7) is 8.79. The maximum atomic E-state index is 11.7. The van der Waals surface area contributed by atoms with Gasteiger partial charge in [0.15, 0.2) is 0 Å². The van der Waals surface area contributed by atoms with Crippen molar-refractivity contribution < 1.29 is 9.53 Å². The Morgan fingerprint density at radius 3 is 2.05 bits per heavy atom. The van der Waals surface area contributed by atoms with Crippen LogP contribution >= 0.6 is 0 Å². The molecule has 2 fully saturated rings. The van der Waals surface area contributed by atoms with Gasteiger partial charge in [-0.25, -0.2) is 0 Å². The number of nitrogens with zero attached hydrogens (tertiary/aromatic N) is 3. The van der Waals surface area contributed by atoms with Gasteiger partial charge in [-0.3, -0.25) is 9.69 Å². The largest absolute Gasteiger partial charge is 0.375 e. The van der Waals surface area contributed by atoms with Gasteiger partial charge in [0.2, 0.25) is 5.91 Å². The Morgan fingerprint density at radius 1 is 0.895 bits per heavy atom. The number of carbonyl (C=O) groups excluding carboxylic acids is 1. The van der Waals surface area contributed by atoms with Crippen molar-refractivity contribution in [3.8, 4) is 0 Å². The molecule has 2 rings (SSSR count). The molecular weight excluding hydrogens is 242 g/mol. The van der Waals surface area contributed by atoms with Crippen molar-refractivity contribution in [3.63, 3.8) is 0 Å².